The fourth-order valence-corrected chi connectivity index (χ4v) is 2.32. The smallest absolute Gasteiger partial charge is 0.203 e. The number of hydrogen-bond acceptors (Lipinski definition) is 3. The zero-order chi connectivity index (χ0) is 13.5. The molecule has 1 aromatic rings. The summed E-state index contributed by atoms with van der Waals surface area (Å²) < 4.78 is 15.9. The van der Waals surface area contributed by atoms with Crippen molar-refractivity contribution in [2.24, 2.45) is 0 Å². The highest BCUT2D eigenvalue weighted by Gasteiger charge is 2.12. The Morgan fingerprint density at radius 1 is 1.11 bits per heavy atom. The van der Waals surface area contributed by atoms with E-state index in [4.69, 9.17) is 14.2 Å². The Morgan fingerprint density at radius 3 is 2.06 bits per heavy atom. The summed E-state index contributed by atoms with van der Waals surface area (Å²) >= 11 is 3.43. The van der Waals surface area contributed by atoms with E-state index in [1.54, 1.807) is 21.3 Å². The van der Waals surface area contributed by atoms with Gasteiger partial charge in [-0.1, -0.05) is 27.6 Å². The molecule has 0 heterocycles. The lowest BCUT2D eigenvalue weighted by atomic mass is 10.1. The lowest BCUT2D eigenvalue weighted by Crippen LogP contribution is -1.95. The molecule has 18 heavy (non-hydrogen) atoms. The van der Waals surface area contributed by atoms with Crippen molar-refractivity contribution in [3.63, 3.8) is 0 Å². The van der Waals surface area contributed by atoms with Crippen molar-refractivity contribution >= 4 is 22.0 Å². The van der Waals surface area contributed by atoms with Crippen molar-refractivity contribution in [3.05, 3.63) is 23.3 Å². The number of halogens is 1. The summed E-state index contributed by atoms with van der Waals surface area (Å²) in [5.41, 5.74) is 2.34. The first-order chi connectivity index (χ1) is 8.65. The van der Waals surface area contributed by atoms with Crippen molar-refractivity contribution < 1.29 is 14.2 Å². The summed E-state index contributed by atoms with van der Waals surface area (Å²) in [6.07, 6.45) is 3.13. The molecule has 3 nitrogen and oxygen atoms in total. The van der Waals surface area contributed by atoms with E-state index in [-0.39, 0.29) is 0 Å². The van der Waals surface area contributed by atoms with Gasteiger partial charge in [-0.2, -0.15) is 0 Å². The lowest BCUT2D eigenvalue weighted by Gasteiger charge is -2.13. The maximum Gasteiger partial charge on any atom is 0.203 e. The van der Waals surface area contributed by atoms with Crippen LogP contribution in [-0.4, -0.2) is 26.7 Å². The van der Waals surface area contributed by atoms with E-state index < -0.39 is 0 Å². The largest absolute Gasteiger partial charge is 0.493 e. The van der Waals surface area contributed by atoms with Crippen LogP contribution in [-0.2, 0) is 0 Å². The molecular formula is C14H19BrO3. The van der Waals surface area contributed by atoms with E-state index in [0.717, 1.165) is 17.3 Å². The fourth-order valence-electron chi connectivity index (χ4n) is 1.69. The summed E-state index contributed by atoms with van der Waals surface area (Å²) in [6.45, 7) is 2.10. The lowest BCUT2D eigenvalue weighted by molar-refractivity contribution is 0.324. The monoisotopic (exact) mass is 314 g/mol. The van der Waals surface area contributed by atoms with E-state index in [0.29, 0.717) is 17.2 Å². The molecule has 0 unspecified atom stereocenters. The molecule has 0 saturated carbocycles. The first kappa shape index (κ1) is 14.9. The van der Waals surface area contributed by atoms with Crippen LogP contribution in [0.15, 0.2) is 17.7 Å². The third kappa shape index (κ3) is 3.67. The molecule has 0 aliphatic carbocycles. The van der Waals surface area contributed by atoms with Gasteiger partial charge in [-0.3, -0.25) is 0 Å². The van der Waals surface area contributed by atoms with Crippen molar-refractivity contribution in [2.75, 3.05) is 26.7 Å². The third-order valence-corrected chi connectivity index (χ3v) is 2.99. The normalized spacial score (nSPS) is 11.3. The minimum absolute atomic E-state index is 0.621. The molecule has 0 spiro atoms. The van der Waals surface area contributed by atoms with Crippen LogP contribution in [0, 0.1) is 0 Å². The Morgan fingerprint density at radius 2 is 1.67 bits per heavy atom. The highest BCUT2D eigenvalue weighted by molar-refractivity contribution is 9.09. The number of rotatable bonds is 6. The number of alkyl halides is 1. The minimum atomic E-state index is 0.621. The summed E-state index contributed by atoms with van der Waals surface area (Å²) in [4.78, 5) is 0. The number of benzene rings is 1. The molecule has 100 valence electrons. The van der Waals surface area contributed by atoms with Crippen molar-refractivity contribution in [3.8, 4) is 17.2 Å². The molecule has 4 heteroatoms. The molecule has 0 radical (unpaired) electrons. The van der Waals surface area contributed by atoms with E-state index in [2.05, 4.69) is 28.9 Å². The van der Waals surface area contributed by atoms with Gasteiger partial charge < -0.3 is 14.2 Å². The second-order valence-corrected chi connectivity index (χ2v) is 4.68. The predicted octanol–water partition coefficient (Wildman–Crippen LogP) is 3.90. The van der Waals surface area contributed by atoms with E-state index in [1.807, 2.05) is 12.1 Å². The minimum Gasteiger partial charge on any atom is -0.493 e. The molecule has 0 aliphatic heterocycles. The van der Waals surface area contributed by atoms with Crippen LogP contribution in [0.1, 0.15) is 18.9 Å². The van der Waals surface area contributed by atoms with Crippen LogP contribution in [0.4, 0.5) is 0 Å². The van der Waals surface area contributed by atoms with Gasteiger partial charge in [-0.05, 0) is 31.0 Å². The second kappa shape index (κ2) is 7.31. The highest BCUT2D eigenvalue weighted by Crippen LogP contribution is 2.38. The maximum absolute atomic E-state index is 5.32. The first-order valence-electron chi connectivity index (χ1n) is 5.69. The Bertz CT molecular complexity index is 402. The van der Waals surface area contributed by atoms with Crippen LogP contribution in [0.5, 0.6) is 17.2 Å². The van der Waals surface area contributed by atoms with Gasteiger partial charge in [0, 0.05) is 5.33 Å². The zero-order valence-corrected chi connectivity index (χ0v) is 12.8. The molecule has 0 atom stereocenters. The van der Waals surface area contributed by atoms with Crippen LogP contribution in [0.3, 0.4) is 0 Å². The third-order valence-electron chi connectivity index (χ3n) is 2.59. The first-order valence-corrected chi connectivity index (χ1v) is 6.81. The Balaban J connectivity index is 3.19. The van der Waals surface area contributed by atoms with Crippen molar-refractivity contribution in [2.45, 2.75) is 13.3 Å². The van der Waals surface area contributed by atoms with Crippen LogP contribution in [0.2, 0.25) is 0 Å². The molecule has 0 fully saturated rings. The standard InChI is InChI=1S/C14H19BrO3/c1-10(5-6-15)7-11-8-12(16-2)14(18-4)13(9-11)17-3/h7-9H,5-6H2,1-4H3/b10-7+. The van der Waals surface area contributed by atoms with Gasteiger partial charge in [0.15, 0.2) is 11.5 Å². The molecule has 0 aliphatic rings. The van der Waals surface area contributed by atoms with Gasteiger partial charge in [-0.15, -0.1) is 0 Å². The highest BCUT2D eigenvalue weighted by atomic mass is 79.9. The summed E-state index contributed by atoms with van der Waals surface area (Å²) in [5.74, 6) is 1.97. The Kier molecular flexibility index (Phi) is 6.05. The van der Waals surface area contributed by atoms with Gasteiger partial charge in [0.05, 0.1) is 21.3 Å². The van der Waals surface area contributed by atoms with Crippen LogP contribution >= 0.6 is 15.9 Å². The van der Waals surface area contributed by atoms with E-state index in [1.165, 1.54) is 5.57 Å². The van der Waals surface area contributed by atoms with Crippen LogP contribution < -0.4 is 14.2 Å². The number of allylic oxidation sites excluding steroid dienone is 1. The van der Waals surface area contributed by atoms with Gasteiger partial charge in [-0.25, -0.2) is 0 Å². The number of methoxy groups -OCH3 is 3. The quantitative estimate of drug-likeness (QED) is 0.745. The summed E-state index contributed by atoms with van der Waals surface area (Å²) in [7, 11) is 4.85. The Labute approximate surface area is 117 Å². The number of ether oxygens (including phenoxy) is 3. The average molecular weight is 315 g/mol. The fraction of sp³-hybridized carbons (Fsp3) is 0.429. The average Bonchev–Trinajstić information content (AvgIpc) is 2.37. The van der Waals surface area contributed by atoms with Crippen molar-refractivity contribution in [1.29, 1.82) is 0 Å². The Hall–Kier alpha value is -1.16. The SMILES string of the molecule is COc1cc(/C=C(\C)CCBr)cc(OC)c1OC. The van der Waals surface area contributed by atoms with Gasteiger partial charge in [0.25, 0.3) is 0 Å². The van der Waals surface area contributed by atoms with E-state index >= 15 is 0 Å². The molecule has 0 N–H and O–H groups in total. The van der Waals surface area contributed by atoms with E-state index in [9.17, 15) is 0 Å². The number of hydrogen-bond donors (Lipinski definition) is 0. The zero-order valence-electron chi connectivity index (χ0n) is 11.2. The molecule has 0 saturated heterocycles. The molecule has 1 aromatic carbocycles. The molecular weight excluding hydrogens is 296 g/mol. The molecule has 0 amide bonds. The second-order valence-electron chi connectivity index (χ2n) is 3.89. The predicted molar refractivity (Wildman–Crippen MR) is 78.2 cm³/mol. The molecule has 0 aromatic heterocycles. The maximum atomic E-state index is 5.32. The van der Waals surface area contributed by atoms with Crippen LogP contribution in [0.25, 0.3) is 6.08 Å². The van der Waals surface area contributed by atoms with Gasteiger partial charge in [0.1, 0.15) is 0 Å². The van der Waals surface area contributed by atoms with Crippen molar-refractivity contribution in [1.82, 2.24) is 0 Å². The van der Waals surface area contributed by atoms with Gasteiger partial charge >= 0.3 is 0 Å². The van der Waals surface area contributed by atoms with Gasteiger partial charge in [0.2, 0.25) is 5.75 Å². The molecule has 0 bridgehead atoms. The molecule has 1 rings (SSSR count). The summed E-state index contributed by atoms with van der Waals surface area (Å²) in [5, 5.41) is 0.958. The summed E-state index contributed by atoms with van der Waals surface area (Å²) in [6, 6.07) is 3.89. The topological polar surface area (TPSA) is 27.7 Å².